The van der Waals surface area contributed by atoms with Gasteiger partial charge in [0, 0.05) is 31.2 Å². The van der Waals surface area contributed by atoms with Crippen molar-refractivity contribution < 1.29 is 17.9 Å². The molecule has 1 saturated heterocycles. The molecule has 2 aliphatic rings. The summed E-state index contributed by atoms with van der Waals surface area (Å²) in [4.78, 5) is 0. The number of hydrogen-bond donors (Lipinski definition) is 1. The first-order chi connectivity index (χ1) is 11.0. The Morgan fingerprint density at radius 2 is 2.17 bits per heavy atom. The van der Waals surface area contributed by atoms with Crippen LogP contribution in [0.15, 0.2) is 18.2 Å². The SMILES string of the molecule is CC[C@@H]1CN(S(C)(=O)=O)CC[C@@H]1NCc1cccc2c1OCO2. The lowest BCUT2D eigenvalue weighted by Crippen LogP contribution is -2.50. The summed E-state index contributed by atoms with van der Waals surface area (Å²) in [5.74, 6) is 1.94. The van der Waals surface area contributed by atoms with Crippen LogP contribution in [0.1, 0.15) is 25.3 Å². The second-order valence-electron chi connectivity index (χ2n) is 6.22. The third kappa shape index (κ3) is 3.62. The minimum Gasteiger partial charge on any atom is -0.454 e. The maximum absolute atomic E-state index is 11.7. The summed E-state index contributed by atoms with van der Waals surface area (Å²) in [5, 5.41) is 3.58. The number of hydrogen-bond acceptors (Lipinski definition) is 5. The molecule has 0 bridgehead atoms. The molecule has 2 heterocycles. The van der Waals surface area contributed by atoms with E-state index in [1.807, 2.05) is 18.2 Å². The quantitative estimate of drug-likeness (QED) is 0.881. The highest BCUT2D eigenvalue weighted by Gasteiger charge is 2.32. The summed E-state index contributed by atoms with van der Waals surface area (Å²) in [5.41, 5.74) is 1.08. The van der Waals surface area contributed by atoms with E-state index < -0.39 is 10.0 Å². The van der Waals surface area contributed by atoms with Crippen molar-refractivity contribution >= 4 is 10.0 Å². The van der Waals surface area contributed by atoms with Crippen LogP contribution in [0, 0.1) is 5.92 Å². The molecule has 0 aliphatic carbocycles. The highest BCUT2D eigenvalue weighted by molar-refractivity contribution is 7.88. The van der Waals surface area contributed by atoms with Crippen LogP contribution in [0.25, 0.3) is 0 Å². The topological polar surface area (TPSA) is 67.9 Å². The van der Waals surface area contributed by atoms with Gasteiger partial charge in [-0.05, 0) is 18.4 Å². The fourth-order valence-corrected chi connectivity index (χ4v) is 4.25. The Morgan fingerprint density at radius 1 is 1.35 bits per heavy atom. The molecule has 0 spiro atoms. The Kier molecular flexibility index (Phi) is 4.79. The van der Waals surface area contributed by atoms with E-state index in [0.717, 1.165) is 29.9 Å². The second-order valence-corrected chi connectivity index (χ2v) is 8.20. The zero-order valence-electron chi connectivity index (χ0n) is 13.6. The van der Waals surface area contributed by atoms with E-state index in [9.17, 15) is 8.42 Å². The highest BCUT2D eigenvalue weighted by atomic mass is 32.2. The van der Waals surface area contributed by atoms with Gasteiger partial charge >= 0.3 is 0 Å². The number of nitrogens with one attached hydrogen (secondary N) is 1. The van der Waals surface area contributed by atoms with Gasteiger partial charge in [-0.15, -0.1) is 0 Å². The van der Waals surface area contributed by atoms with E-state index in [1.165, 1.54) is 6.26 Å². The molecule has 7 heteroatoms. The molecule has 3 rings (SSSR count). The first-order valence-corrected chi connectivity index (χ1v) is 9.90. The monoisotopic (exact) mass is 340 g/mol. The molecule has 0 aromatic heterocycles. The minimum absolute atomic E-state index is 0.274. The third-order valence-corrected chi connectivity index (χ3v) is 5.99. The van der Waals surface area contributed by atoms with Crippen molar-refractivity contribution in [1.82, 2.24) is 9.62 Å². The molecular weight excluding hydrogens is 316 g/mol. The predicted molar refractivity (Wildman–Crippen MR) is 88.0 cm³/mol. The van der Waals surface area contributed by atoms with Crippen LogP contribution in [-0.4, -0.2) is 44.9 Å². The molecule has 128 valence electrons. The summed E-state index contributed by atoms with van der Waals surface area (Å²) in [6, 6.07) is 6.23. The lowest BCUT2D eigenvalue weighted by molar-refractivity contribution is 0.172. The van der Waals surface area contributed by atoms with Crippen molar-refractivity contribution in [3.8, 4) is 11.5 Å². The molecule has 0 radical (unpaired) electrons. The molecule has 2 aliphatic heterocycles. The standard InChI is InChI=1S/C16H24N2O4S/c1-3-12-10-18(23(2,19)20)8-7-14(12)17-9-13-5-4-6-15-16(13)22-11-21-15/h4-6,12,14,17H,3,7-11H2,1-2H3/t12-,14+/m1/s1. The maximum atomic E-state index is 11.7. The van der Waals surface area contributed by atoms with Gasteiger partial charge in [0.25, 0.3) is 0 Å². The van der Waals surface area contributed by atoms with Crippen molar-refractivity contribution in [2.24, 2.45) is 5.92 Å². The normalized spacial score (nSPS) is 24.8. The summed E-state index contributed by atoms with van der Waals surface area (Å²) in [6.07, 6.45) is 3.08. The molecule has 1 aromatic rings. The van der Waals surface area contributed by atoms with E-state index in [-0.39, 0.29) is 6.79 Å². The van der Waals surface area contributed by atoms with Crippen LogP contribution >= 0.6 is 0 Å². The average molecular weight is 340 g/mol. The summed E-state index contributed by atoms with van der Waals surface area (Å²) in [7, 11) is -3.10. The smallest absolute Gasteiger partial charge is 0.231 e. The van der Waals surface area contributed by atoms with E-state index in [4.69, 9.17) is 9.47 Å². The molecule has 6 nitrogen and oxygen atoms in total. The minimum atomic E-state index is -3.10. The number of ether oxygens (including phenoxy) is 2. The molecule has 23 heavy (non-hydrogen) atoms. The Balaban J connectivity index is 1.64. The van der Waals surface area contributed by atoms with E-state index in [1.54, 1.807) is 4.31 Å². The Morgan fingerprint density at radius 3 is 2.91 bits per heavy atom. The Labute approximate surface area is 137 Å². The van der Waals surface area contributed by atoms with Crippen LogP contribution in [-0.2, 0) is 16.6 Å². The molecule has 1 N–H and O–H groups in total. The largest absolute Gasteiger partial charge is 0.454 e. The number of sulfonamides is 1. The number of rotatable bonds is 5. The van der Waals surface area contributed by atoms with Gasteiger partial charge in [-0.25, -0.2) is 12.7 Å². The molecule has 0 unspecified atom stereocenters. The first-order valence-electron chi connectivity index (χ1n) is 8.05. The molecule has 1 aromatic carbocycles. The van der Waals surface area contributed by atoms with Crippen molar-refractivity contribution in [3.63, 3.8) is 0 Å². The van der Waals surface area contributed by atoms with Crippen molar-refractivity contribution in [2.45, 2.75) is 32.4 Å². The van der Waals surface area contributed by atoms with Gasteiger partial charge in [0.05, 0.1) is 6.26 Å². The number of fused-ring (bicyclic) bond motifs is 1. The van der Waals surface area contributed by atoms with Crippen molar-refractivity contribution in [1.29, 1.82) is 0 Å². The van der Waals surface area contributed by atoms with Gasteiger partial charge in [0.2, 0.25) is 16.8 Å². The van der Waals surface area contributed by atoms with Gasteiger partial charge in [0.1, 0.15) is 0 Å². The molecule has 0 amide bonds. The van der Waals surface area contributed by atoms with Gasteiger partial charge in [-0.2, -0.15) is 0 Å². The predicted octanol–water partition coefficient (Wildman–Crippen LogP) is 1.56. The number of piperidine rings is 1. The van der Waals surface area contributed by atoms with Crippen LogP contribution < -0.4 is 14.8 Å². The van der Waals surface area contributed by atoms with Crippen LogP contribution in [0.2, 0.25) is 0 Å². The number of nitrogens with zero attached hydrogens (tertiary/aromatic N) is 1. The zero-order chi connectivity index (χ0) is 16.4. The maximum Gasteiger partial charge on any atom is 0.231 e. The number of para-hydroxylation sites is 1. The molecule has 0 saturated carbocycles. The van der Waals surface area contributed by atoms with Crippen molar-refractivity contribution in [3.05, 3.63) is 23.8 Å². The summed E-state index contributed by atoms with van der Waals surface area (Å²) < 4.78 is 36.0. The summed E-state index contributed by atoms with van der Waals surface area (Å²) >= 11 is 0. The van der Waals surface area contributed by atoms with Crippen LogP contribution in [0.3, 0.4) is 0 Å². The number of benzene rings is 1. The van der Waals surface area contributed by atoms with Gasteiger partial charge in [-0.3, -0.25) is 0 Å². The third-order valence-electron chi connectivity index (χ3n) is 4.72. The lowest BCUT2D eigenvalue weighted by atomic mass is 9.91. The molecule has 2 atom stereocenters. The van der Waals surface area contributed by atoms with Gasteiger partial charge in [-0.1, -0.05) is 25.5 Å². The van der Waals surface area contributed by atoms with Gasteiger partial charge < -0.3 is 14.8 Å². The first kappa shape index (κ1) is 16.5. The second kappa shape index (κ2) is 6.67. The molecular formula is C16H24N2O4S. The fourth-order valence-electron chi connectivity index (χ4n) is 3.35. The lowest BCUT2D eigenvalue weighted by Gasteiger charge is -2.37. The van der Waals surface area contributed by atoms with Crippen LogP contribution in [0.5, 0.6) is 11.5 Å². The highest BCUT2D eigenvalue weighted by Crippen LogP contribution is 2.35. The zero-order valence-corrected chi connectivity index (χ0v) is 14.4. The van der Waals surface area contributed by atoms with Crippen LogP contribution in [0.4, 0.5) is 0 Å². The fraction of sp³-hybridized carbons (Fsp3) is 0.625. The van der Waals surface area contributed by atoms with E-state index in [0.29, 0.717) is 31.6 Å². The van der Waals surface area contributed by atoms with E-state index in [2.05, 4.69) is 12.2 Å². The Bertz CT molecular complexity index is 662. The van der Waals surface area contributed by atoms with Gasteiger partial charge in [0.15, 0.2) is 11.5 Å². The Hall–Kier alpha value is -1.31. The van der Waals surface area contributed by atoms with E-state index >= 15 is 0 Å². The molecule has 1 fully saturated rings. The average Bonchev–Trinajstić information content (AvgIpc) is 3.01. The van der Waals surface area contributed by atoms with Crippen molar-refractivity contribution in [2.75, 3.05) is 26.1 Å². The summed E-state index contributed by atoms with van der Waals surface area (Å²) in [6.45, 7) is 4.27.